The third-order valence-corrected chi connectivity index (χ3v) is 4.96. The van der Waals surface area contributed by atoms with Gasteiger partial charge >= 0.3 is 0 Å². The maximum absolute atomic E-state index is 13.8. The Hall–Kier alpha value is -2.58. The minimum atomic E-state index is -0.525. The van der Waals surface area contributed by atoms with Gasteiger partial charge < -0.3 is 11.1 Å². The zero-order valence-corrected chi connectivity index (χ0v) is 14.9. The summed E-state index contributed by atoms with van der Waals surface area (Å²) in [6.07, 6.45) is 1.80. The average molecular weight is 376 g/mol. The second-order valence-corrected chi connectivity index (χ2v) is 6.80. The summed E-state index contributed by atoms with van der Waals surface area (Å²) in [7, 11) is 1.82. The van der Waals surface area contributed by atoms with E-state index in [9.17, 15) is 13.6 Å². The summed E-state index contributed by atoms with van der Waals surface area (Å²) in [5.74, 6) is -1.34. The molecule has 0 fully saturated rings. The van der Waals surface area contributed by atoms with Crippen LogP contribution in [0.3, 0.4) is 0 Å². The molecule has 0 unspecified atom stereocenters. The van der Waals surface area contributed by atoms with Crippen molar-refractivity contribution in [2.24, 2.45) is 12.8 Å². The van der Waals surface area contributed by atoms with Crippen molar-refractivity contribution in [3.05, 3.63) is 64.0 Å². The van der Waals surface area contributed by atoms with Crippen molar-refractivity contribution in [3.8, 4) is 11.3 Å². The van der Waals surface area contributed by atoms with Gasteiger partial charge in [0, 0.05) is 36.8 Å². The molecule has 1 amide bonds. The lowest BCUT2D eigenvalue weighted by Crippen LogP contribution is -2.41. The number of carbonyl (C=O) groups is 1. The summed E-state index contributed by atoms with van der Waals surface area (Å²) >= 11 is 1.30. The minimum Gasteiger partial charge on any atom is -0.347 e. The summed E-state index contributed by atoms with van der Waals surface area (Å²) in [5.41, 5.74) is 7.67. The summed E-state index contributed by atoms with van der Waals surface area (Å²) in [6.45, 7) is 0.113. The van der Waals surface area contributed by atoms with Gasteiger partial charge in [-0.3, -0.25) is 9.48 Å². The van der Waals surface area contributed by atoms with Crippen LogP contribution in [-0.4, -0.2) is 28.3 Å². The van der Waals surface area contributed by atoms with Crippen molar-refractivity contribution < 1.29 is 13.6 Å². The van der Waals surface area contributed by atoms with E-state index < -0.39 is 17.7 Å². The fourth-order valence-electron chi connectivity index (χ4n) is 2.66. The van der Waals surface area contributed by atoms with Crippen molar-refractivity contribution in [3.63, 3.8) is 0 Å². The van der Waals surface area contributed by atoms with Crippen LogP contribution in [0.2, 0.25) is 0 Å². The molecule has 26 heavy (non-hydrogen) atoms. The van der Waals surface area contributed by atoms with E-state index in [0.717, 1.165) is 29.5 Å². The summed E-state index contributed by atoms with van der Waals surface area (Å²) in [4.78, 5) is 13.0. The minimum absolute atomic E-state index is 0.113. The molecule has 3 rings (SSSR count). The predicted octanol–water partition coefficient (Wildman–Crippen LogP) is 2.73. The van der Waals surface area contributed by atoms with E-state index in [4.69, 9.17) is 5.73 Å². The van der Waals surface area contributed by atoms with E-state index in [-0.39, 0.29) is 24.4 Å². The smallest absolute Gasteiger partial charge is 0.261 e. The number of nitrogens with zero attached hydrogens (tertiary/aromatic N) is 2. The van der Waals surface area contributed by atoms with Gasteiger partial charge in [-0.2, -0.15) is 5.10 Å². The molecule has 0 aliphatic heterocycles. The Morgan fingerprint density at radius 1 is 1.35 bits per heavy atom. The maximum atomic E-state index is 13.8. The Morgan fingerprint density at radius 2 is 2.15 bits per heavy atom. The van der Waals surface area contributed by atoms with Gasteiger partial charge in [0.15, 0.2) is 0 Å². The molecule has 0 radical (unpaired) electrons. The van der Waals surface area contributed by atoms with Gasteiger partial charge in [-0.25, -0.2) is 8.78 Å². The van der Waals surface area contributed by atoms with E-state index in [1.165, 1.54) is 11.3 Å². The Bertz CT molecular complexity index is 922. The van der Waals surface area contributed by atoms with Crippen LogP contribution >= 0.6 is 11.3 Å². The lowest BCUT2D eigenvalue weighted by atomic mass is 10.0. The van der Waals surface area contributed by atoms with Gasteiger partial charge in [0.25, 0.3) is 5.91 Å². The first kappa shape index (κ1) is 18.2. The van der Waals surface area contributed by atoms with Gasteiger partial charge in [0.1, 0.15) is 11.6 Å². The number of carbonyl (C=O) groups excluding carboxylic acids is 1. The standard InChI is InChI=1S/C18H18F2N4OS/c1-24-16(4-5-22-24)12-8-17(26-10-12)18(25)23-14(9-21)7-11-6-13(19)2-3-15(11)20/h2-6,8,10,14H,7,9,21H2,1H3,(H,23,25)/t14-/m0/s1. The number of nitrogens with two attached hydrogens (primary N) is 1. The quantitative estimate of drug-likeness (QED) is 0.695. The number of thiophene rings is 1. The fourth-order valence-corrected chi connectivity index (χ4v) is 3.47. The highest BCUT2D eigenvalue weighted by atomic mass is 32.1. The predicted molar refractivity (Wildman–Crippen MR) is 96.9 cm³/mol. The molecule has 2 aromatic heterocycles. The van der Waals surface area contributed by atoms with Crippen LogP contribution in [-0.2, 0) is 13.5 Å². The number of aromatic nitrogens is 2. The molecule has 0 aliphatic carbocycles. The Morgan fingerprint density at radius 3 is 2.85 bits per heavy atom. The Kier molecular flexibility index (Phi) is 5.43. The first-order valence-corrected chi connectivity index (χ1v) is 8.87. The zero-order chi connectivity index (χ0) is 18.7. The maximum Gasteiger partial charge on any atom is 0.261 e. The zero-order valence-electron chi connectivity index (χ0n) is 14.1. The van der Waals surface area contributed by atoms with Crippen LogP contribution in [0.1, 0.15) is 15.2 Å². The van der Waals surface area contributed by atoms with Crippen molar-refractivity contribution in [1.29, 1.82) is 0 Å². The number of halogens is 2. The molecule has 0 saturated carbocycles. The number of hydrogen-bond acceptors (Lipinski definition) is 4. The topological polar surface area (TPSA) is 72.9 Å². The first-order chi connectivity index (χ1) is 12.5. The number of amides is 1. The highest BCUT2D eigenvalue weighted by Crippen LogP contribution is 2.25. The van der Waals surface area contributed by atoms with Gasteiger partial charge in [-0.1, -0.05) is 0 Å². The monoisotopic (exact) mass is 376 g/mol. The molecule has 2 heterocycles. The highest BCUT2D eigenvalue weighted by Gasteiger charge is 2.17. The largest absolute Gasteiger partial charge is 0.347 e. The van der Waals surface area contributed by atoms with Crippen molar-refractivity contribution in [2.75, 3.05) is 6.54 Å². The summed E-state index contributed by atoms with van der Waals surface area (Å²) in [6, 6.07) is 6.38. The molecule has 0 saturated heterocycles. The number of rotatable bonds is 6. The van der Waals surface area contributed by atoms with Crippen LogP contribution in [0.4, 0.5) is 8.78 Å². The van der Waals surface area contributed by atoms with Crippen LogP contribution in [0.5, 0.6) is 0 Å². The second kappa shape index (κ2) is 7.76. The molecule has 0 aliphatic rings. The SMILES string of the molecule is Cn1nccc1-c1csc(C(=O)N[C@H](CN)Cc2cc(F)ccc2F)c1. The first-order valence-electron chi connectivity index (χ1n) is 7.99. The molecule has 136 valence electrons. The second-order valence-electron chi connectivity index (χ2n) is 5.89. The van der Waals surface area contributed by atoms with Gasteiger partial charge in [0.2, 0.25) is 0 Å². The van der Waals surface area contributed by atoms with Crippen LogP contribution in [0, 0.1) is 11.6 Å². The fraction of sp³-hybridized carbons (Fsp3) is 0.222. The molecule has 0 bridgehead atoms. The van der Waals surface area contributed by atoms with Gasteiger partial charge in [0.05, 0.1) is 10.6 Å². The van der Waals surface area contributed by atoms with E-state index in [0.29, 0.717) is 4.88 Å². The number of benzene rings is 1. The average Bonchev–Trinajstić information content (AvgIpc) is 3.26. The number of nitrogens with one attached hydrogen (secondary N) is 1. The number of hydrogen-bond donors (Lipinski definition) is 2. The molecule has 1 aromatic carbocycles. The lowest BCUT2D eigenvalue weighted by molar-refractivity contribution is 0.0942. The van der Waals surface area contributed by atoms with Crippen LogP contribution in [0.15, 0.2) is 41.9 Å². The van der Waals surface area contributed by atoms with Crippen molar-refractivity contribution in [1.82, 2.24) is 15.1 Å². The highest BCUT2D eigenvalue weighted by molar-refractivity contribution is 7.12. The van der Waals surface area contributed by atoms with Gasteiger partial charge in [-0.05, 0) is 42.3 Å². The molecule has 1 atom stereocenters. The molecule has 8 heteroatoms. The van der Waals surface area contributed by atoms with E-state index in [1.54, 1.807) is 16.9 Å². The summed E-state index contributed by atoms with van der Waals surface area (Å²) in [5, 5.41) is 8.77. The molecule has 5 nitrogen and oxygen atoms in total. The van der Waals surface area contributed by atoms with Gasteiger partial charge in [-0.15, -0.1) is 11.3 Å². The van der Waals surface area contributed by atoms with Crippen LogP contribution in [0.25, 0.3) is 11.3 Å². The Labute approximate surface area is 153 Å². The number of aryl methyl sites for hydroxylation is 1. The van der Waals surface area contributed by atoms with E-state index >= 15 is 0 Å². The van der Waals surface area contributed by atoms with Crippen LogP contribution < -0.4 is 11.1 Å². The molecule has 0 spiro atoms. The van der Waals surface area contributed by atoms with E-state index in [1.807, 2.05) is 18.5 Å². The molecule has 3 N–H and O–H groups in total. The third-order valence-electron chi connectivity index (χ3n) is 4.03. The molecular formula is C18H18F2N4OS. The molecular weight excluding hydrogens is 358 g/mol. The normalized spacial score (nSPS) is 12.2. The van der Waals surface area contributed by atoms with Crippen molar-refractivity contribution >= 4 is 17.2 Å². The lowest BCUT2D eigenvalue weighted by Gasteiger charge is -2.17. The Balaban J connectivity index is 1.71. The summed E-state index contributed by atoms with van der Waals surface area (Å²) < 4.78 is 28.8. The molecule has 3 aromatic rings. The van der Waals surface area contributed by atoms with Crippen molar-refractivity contribution in [2.45, 2.75) is 12.5 Å². The third kappa shape index (κ3) is 3.97. The van der Waals surface area contributed by atoms with E-state index in [2.05, 4.69) is 10.4 Å².